The van der Waals surface area contributed by atoms with Gasteiger partial charge in [0.1, 0.15) is 11.5 Å². The second-order valence-corrected chi connectivity index (χ2v) is 7.18. The molecule has 2 N–H and O–H groups in total. The SMILES string of the molecule is COC(=O)c1ccc(CN2C(=O)N/C(=C\c3cc(Cl)c(O[C@@H](C)C(=O)O)c(OC)c3)C2=O)o1. The molecule has 2 heterocycles. The number of aliphatic carboxylic acids is 1. The topological polar surface area (TPSA) is 145 Å². The summed E-state index contributed by atoms with van der Waals surface area (Å²) in [4.78, 5) is 48.5. The molecule has 0 unspecified atom stereocenters. The van der Waals surface area contributed by atoms with Crippen LogP contribution < -0.4 is 14.8 Å². The first-order valence-electron chi connectivity index (χ1n) is 9.43. The third-order valence-electron chi connectivity index (χ3n) is 4.53. The van der Waals surface area contributed by atoms with E-state index < -0.39 is 30.0 Å². The van der Waals surface area contributed by atoms with Gasteiger partial charge in [0.15, 0.2) is 17.6 Å². The van der Waals surface area contributed by atoms with Gasteiger partial charge in [0, 0.05) is 0 Å². The summed E-state index contributed by atoms with van der Waals surface area (Å²) in [5.74, 6) is -2.19. The molecule has 11 nitrogen and oxygen atoms in total. The molecule has 33 heavy (non-hydrogen) atoms. The third kappa shape index (κ3) is 5.09. The maximum absolute atomic E-state index is 12.7. The number of nitrogens with one attached hydrogen (secondary N) is 1. The molecule has 0 aliphatic carbocycles. The average molecular weight is 479 g/mol. The Balaban J connectivity index is 1.82. The molecule has 3 rings (SSSR count). The number of hydrogen-bond donors (Lipinski definition) is 2. The van der Waals surface area contributed by atoms with Gasteiger partial charge in [0.05, 0.1) is 25.8 Å². The van der Waals surface area contributed by atoms with Crippen LogP contribution in [0.5, 0.6) is 11.5 Å². The molecule has 1 atom stereocenters. The van der Waals surface area contributed by atoms with E-state index in [0.717, 1.165) is 4.90 Å². The summed E-state index contributed by atoms with van der Waals surface area (Å²) in [6, 6.07) is 5.05. The van der Waals surface area contributed by atoms with E-state index in [-0.39, 0.29) is 40.3 Å². The summed E-state index contributed by atoms with van der Waals surface area (Å²) < 4.78 is 20.4. The van der Waals surface area contributed by atoms with Crippen LogP contribution in [0.15, 0.2) is 34.4 Å². The normalized spacial score (nSPS) is 15.4. The van der Waals surface area contributed by atoms with Crippen LogP contribution in [0, 0.1) is 0 Å². The van der Waals surface area contributed by atoms with Crippen LogP contribution in [0.2, 0.25) is 5.02 Å². The minimum absolute atomic E-state index is 0.0267. The molecular weight excluding hydrogens is 460 g/mol. The summed E-state index contributed by atoms with van der Waals surface area (Å²) in [7, 11) is 2.54. The number of imide groups is 1. The van der Waals surface area contributed by atoms with Crippen LogP contribution in [-0.4, -0.2) is 54.2 Å². The lowest BCUT2D eigenvalue weighted by atomic mass is 10.1. The quantitative estimate of drug-likeness (QED) is 0.332. The van der Waals surface area contributed by atoms with Crippen molar-refractivity contribution < 1.29 is 42.9 Å². The molecule has 1 saturated heterocycles. The number of methoxy groups -OCH3 is 2. The number of carbonyl (C=O) groups excluding carboxylic acids is 3. The van der Waals surface area contributed by atoms with Gasteiger partial charge in [-0.25, -0.2) is 14.4 Å². The number of furan rings is 1. The van der Waals surface area contributed by atoms with E-state index in [0.29, 0.717) is 5.56 Å². The fraction of sp³-hybridized carbons (Fsp3) is 0.238. The number of rotatable bonds is 8. The minimum atomic E-state index is -1.19. The molecule has 0 spiro atoms. The smallest absolute Gasteiger partial charge is 0.373 e. The highest BCUT2D eigenvalue weighted by atomic mass is 35.5. The number of ether oxygens (including phenoxy) is 3. The molecular formula is C21H19ClN2O9. The average Bonchev–Trinajstić information content (AvgIpc) is 3.35. The van der Waals surface area contributed by atoms with E-state index in [1.54, 1.807) is 0 Å². The predicted octanol–water partition coefficient (Wildman–Crippen LogP) is 2.67. The molecule has 0 bridgehead atoms. The van der Waals surface area contributed by atoms with Crippen molar-refractivity contribution in [2.75, 3.05) is 14.2 Å². The summed E-state index contributed by atoms with van der Waals surface area (Å²) in [6.07, 6.45) is 0.201. The van der Waals surface area contributed by atoms with Crippen molar-refractivity contribution in [2.24, 2.45) is 0 Å². The van der Waals surface area contributed by atoms with Crippen molar-refractivity contribution >= 4 is 41.6 Å². The standard InChI is InChI=1S/C21H19ClN2O9/c1-10(19(26)27)32-17-13(22)6-11(8-16(17)30-2)7-14-18(25)24(21(29)23-14)9-12-4-5-15(33-12)20(28)31-3/h4-8,10H,9H2,1-3H3,(H,23,29)(H,26,27)/b14-7-/t10-/m0/s1. The number of benzene rings is 1. The Hall–Kier alpha value is -3.99. The van der Waals surface area contributed by atoms with Gasteiger partial charge in [-0.15, -0.1) is 0 Å². The lowest BCUT2D eigenvalue weighted by Gasteiger charge is -2.16. The molecule has 0 radical (unpaired) electrons. The van der Waals surface area contributed by atoms with Crippen molar-refractivity contribution in [2.45, 2.75) is 19.6 Å². The van der Waals surface area contributed by atoms with Crippen molar-refractivity contribution in [3.8, 4) is 11.5 Å². The summed E-state index contributed by atoms with van der Waals surface area (Å²) in [6.45, 7) is 1.13. The van der Waals surface area contributed by atoms with E-state index in [4.69, 9.17) is 30.6 Å². The van der Waals surface area contributed by atoms with Gasteiger partial charge in [0.2, 0.25) is 5.76 Å². The zero-order valence-corrected chi connectivity index (χ0v) is 18.5. The first-order valence-corrected chi connectivity index (χ1v) is 9.81. The number of carboxylic acid groups (broad SMARTS) is 1. The Morgan fingerprint density at radius 1 is 1.27 bits per heavy atom. The van der Waals surface area contributed by atoms with Gasteiger partial charge in [-0.1, -0.05) is 11.6 Å². The second-order valence-electron chi connectivity index (χ2n) is 6.77. The van der Waals surface area contributed by atoms with Crippen LogP contribution in [0.25, 0.3) is 6.08 Å². The molecule has 1 aliphatic rings. The van der Waals surface area contributed by atoms with Gasteiger partial charge in [-0.2, -0.15) is 0 Å². The molecule has 1 aromatic carbocycles. The van der Waals surface area contributed by atoms with Gasteiger partial charge in [-0.3, -0.25) is 9.69 Å². The number of carboxylic acids is 1. The highest BCUT2D eigenvalue weighted by molar-refractivity contribution is 6.32. The maximum Gasteiger partial charge on any atom is 0.373 e. The number of esters is 1. The Labute approximate surface area is 192 Å². The summed E-state index contributed by atoms with van der Waals surface area (Å²) in [5, 5.41) is 11.5. The lowest BCUT2D eigenvalue weighted by molar-refractivity contribution is -0.144. The zero-order valence-electron chi connectivity index (χ0n) is 17.7. The number of halogens is 1. The minimum Gasteiger partial charge on any atom is -0.493 e. The van der Waals surface area contributed by atoms with Gasteiger partial charge in [0.25, 0.3) is 5.91 Å². The predicted molar refractivity (Wildman–Crippen MR) is 113 cm³/mol. The number of amides is 3. The summed E-state index contributed by atoms with van der Waals surface area (Å²) in [5.41, 5.74) is 0.356. The first kappa shape index (κ1) is 23.7. The van der Waals surface area contributed by atoms with E-state index in [9.17, 15) is 19.2 Å². The Bertz CT molecular complexity index is 1150. The van der Waals surface area contributed by atoms with Gasteiger partial charge >= 0.3 is 18.0 Å². The number of carbonyl (C=O) groups is 4. The van der Waals surface area contributed by atoms with E-state index in [1.165, 1.54) is 51.5 Å². The van der Waals surface area contributed by atoms with Crippen molar-refractivity contribution in [3.63, 3.8) is 0 Å². The Morgan fingerprint density at radius 2 is 2.00 bits per heavy atom. The summed E-state index contributed by atoms with van der Waals surface area (Å²) >= 11 is 6.23. The molecule has 1 aliphatic heterocycles. The molecule has 174 valence electrons. The largest absolute Gasteiger partial charge is 0.493 e. The van der Waals surface area contributed by atoms with Crippen molar-refractivity contribution in [3.05, 3.63) is 52.1 Å². The fourth-order valence-electron chi connectivity index (χ4n) is 2.88. The maximum atomic E-state index is 12.7. The van der Waals surface area contributed by atoms with E-state index in [1.807, 2.05) is 0 Å². The molecule has 1 fully saturated rings. The number of nitrogens with zero attached hydrogens (tertiary/aromatic N) is 1. The van der Waals surface area contributed by atoms with Crippen LogP contribution in [-0.2, 0) is 20.9 Å². The highest BCUT2D eigenvalue weighted by Crippen LogP contribution is 2.38. The third-order valence-corrected chi connectivity index (χ3v) is 4.81. The van der Waals surface area contributed by atoms with Gasteiger partial charge in [-0.05, 0) is 42.8 Å². The monoisotopic (exact) mass is 478 g/mol. The van der Waals surface area contributed by atoms with Crippen LogP contribution in [0.1, 0.15) is 28.8 Å². The van der Waals surface area contributed by atoms with E-state index >= 15 is 0 Å². The van der Waals surface area contributed by atoms with Crippen molar-refractivity contribution in [1.82, 2.24) is 10.2 Å². The number of urea groups is 1. The Morgan fingerprint density at radius 3 is 2.64 bits per heavy atom. The lowest BCUT2D eigenvalue weighted by Crippen LogP contribution is -2.30. The number of hydrogen-bond acceptors (Lipinski definition) is 8. The van der Waals surface area contributed by atoms with Gasteiger partial charge < -0.3 is 29.1 Å². The second kappa shape index (κ2) is 9.65. The highest BCUT2D eigenvalue weighted by Gasteiger charge is 2.34. The zero-order chi connectivity index (χ0) is 24.3. The Kier molecular flexibility index (Phi) is 6.92. The molecule has 0 saturated carbocycles. The molecule has 12 heteroatoms. The molecule has 2 aromatic rings. The van der Waals surface area contributed by atoms with Crippen LogP contribution in [0.4, 0.5) is 4.79 Å². The van der Waals surface area contributed by atoms with E-state index in [2.05, 4.69) is 10.1 Å². The first-order chi connectivity index (χ1) is 15.6. The van der Waals surface area contributed by atoms with Crippen LogP contribution in [0.3, 0.4) is 0 Å². The fourth-order valence-corrected chi connectivity index (χ4v) is 3.14. The van der Waals surface area contributed by atoms with Crippen molar-refractivity contribution in [1.29, 1.82) is 0 Å². The van der Waals surface area contributed by atoms with Crippen LogP contribution >= 0.6 is 11.6 Å². The molecule has 3 amide bonds. The molecule has 1 aromatic heterocycles.